The van der Waals surface area contributed by atoms with Crippen molar-refractivity contribution in [2.45, 2.75) is 20.3 Å². The standard InChI is InChI=1S/C9H15NS/c1-3-9-6-5-7-11-10(4-2)8-9/h5-7H,3-4,8H2,1-2H3. The van der Waals surface area contributed by atoms with Crippen molar-refractivity contribution < 1.29 is 0 Å². The Kier molecular flexibility index (Phi) is 3.73. The molecule has 0 saturated heterocycles. The van der Waals surface area contributed by atoms with Crippen LogP contribution in [0.1, 0.15) is 20.3 Å². The molecule has 0 aliphatic carbocycles. The van der Waals surface area contributed by atoms with E-state index >= 15 is 0 Å². The quantitative estimate of drug-likeness (QED) is 0.585. The largest absolute Gasteiger partial charge is 0.243 e. The first-order chi connectivity index (χ1) is 5.36. The number of hydrogen-bond acceptors (Lipinski definition) is 2. The summed E-state index contributed by atoms with van der Waals surface area (Å²) in [6, 6.07) is 0. The second-order valence-electron chi connectivity index (χ2n) is 2.57. The van der Waals surface area contributed by atoms with E-state index in [1.807, 2.05) is 0 Å². The topological polar surface area (TPSA) is 3.24 Å². The molecular formula is C9H15NS. The molecule has 0 fully saturated rings. The van der Waals surface area contributed by atoms with Crippen LogP contribution in [0.4, 0.5) is 0 Å². The number of rotatable bonds is 2. The molecule has 0 spiro atoms. The third-order valence-corrected chi connectivity index (χ3v) is 2.77. The van der Waals surface area contributed by atoms with Gasteiger partial charge in [0.05, 0.1) is 0 Å². The van der Waals surface area contributed by atoms with Crippen molar-refractivity contribution >= 4 is 11.9 Å². The van der Waals surface area contributed by atoms with E-state index in [0.29, 0.717) is 0 Å². The van der Waals surface area contributed by atoms with Crippen LogP contribution in [-0.2, 0) is 0 Å². The highest BCUT2D eigenvalue weighted by Gasteiger charge is 2.04. The minimum Gasteiger partial charge on any atom is -0.243 e. The van der Waals surface area contributed by atoms with Gasteiger partial charge in [-0.2, -0.15) is 0 Å². The van der Waals surface area contributed by atoms with Gasteiger partial charge in [-0.3, -0.25) is 0 Å². The minimum atomic E-state index is 1.12. The van der Waals surface area contributed by atoms with E-state index in [9.17, 15) is 0 Å². The van der Waals surface area contributed by atoms with Gasteiger partial charge in [-0.05, 0) is 23.8 Å². The van der Waals surface area contributed by atoms with Crippen LogP contribution in [0.2, 0.25) is 0 Å². The Hall–Kier alpha value is -0.210. The van der Waals surface area contributed by atoms with Crippen molar-refractivity contribution in [2.75, 3.05) is 13.1 Å². The lowest BCUT2D eigenvalue weighted by Crippen LogP contribution is -2.16. The first-order valence-electron chi connectivity index (χ1n) is 4.13. The lowest BCUT2D eigenvalue weighted by atomic mass is 10.2. The summed E-state index contributed by atoms with van der Waals surface area (Å²) >= 11 is 1.80. The molecule has 1 heterocycles. The maximum atomic E-state index is 2.36. The van der Waals surface area contributed by atoms with Gasteiger partial charge < -0.3 is 0 Å². The van der Waals surface area contributed by atoms with Gasteiger partial charge in [0.2, 0.25) is 0 Å². The van der Waals surface area contributed by atoms with Crippen molar-refractivity contribution in [3.8, 4) is 0 Å². The molecule has 0 radical (unpaired) electrons. The molecule has 1 rings (SSSR count). The van der Waals surface area contributed by atoms with E-state index in [1.165, 1.54) is 12.0 Å². The fourth-order valence-corrected chi connectivity index (χ4v) is 1.74. The van der Waals surface area contributed by atoms with Gasteiger partial charge in [-0.1, -0.05) is 31.6 Å². The summed E-state index contributed by atoms with van der Waals surface area (Å²) in [6.07, 6.45) is 5.53. The monoisotopic (exact) mass is 169 g/mol. The van der Waals surface area contributed by atoms with E-state index in [0.717, 1.165) is 13.1 Å². The van der Waals surface area contributed by atoms with E-state index in [1.54, 1.807) is 11.9 Å². The number of nitrogens with zero attached hydrogens (tertiary/aromatic N) is 1. The number of allylic oxidation sites excluding steroid dienone is 2. The summed E-state index contributed by atoms with van der Waals surface area (Å²) in [5.74, 6) is 0. The molecule has 62 valence electrons. The Bertz CT molecular complexity index is 172. The molecule has 1 aliphatic heterocycles. The van der Waals surface area contributed by atoms with E-state index < -0.39 is 0 Å². The molecule has 0 unspecified atom stereocenters. The van der Waals surface area contributed by atoms with Gasteiger partial charge in [-0.25, -0.2) is 4.31 Å². The van der Waals surface area contributed by atoms with Crippen molar-refractivity contribution in [1.29, 1.82) is 0 Å². The van der Waals surface area contributed by atoms with Gasteiger partial charge in [0.1, 0.15) is 0 Å². The predicted octanol–water partition coefficient (Wildman–Crippen LogP) is 2.82. The van der Waals surface area contributed by atoms with Crippen LogP contribution in [0.5, 0.6) is 0 Å². The molecule has 0 N–H and O–H groups in total. The fraction of sp³-hybridized carbons (Fsp3) is 0.556. The minimum absolute atomic E-state index is 1.12. The van der Waals surface area contributed by atoms with Crippen LogP contribution in [0.3, 0.4) is 0 Å². The maximum absolute atomic E-state index is 2.36. The van der Waals surface area contributed by atoms with E-state index in [2.05, 4.69) is 35.7 Å². The Balaban J connectivity index is 2.55. The highest BCUT2D eigenvalue weighted by Crippen LogP contribution is 2.18. The van der Waals surface area contributed by atoms with Gasteiger partial charge >= 0.3 is 0 Å². The van der Waals surface area contributed by atoms with E-state index in [4.69, 9.17) is 0 Å². The molecule has 0 aromatic rings. The maximum Gasteiger partial charge on any atom is 0.0305 e. The highest BCUT2D eigenvalue weighted by atomic mass is 32.2. The molecule has 0 aromatic carbocycles. The molecule has 2 heteroatoms. The lowest BCUT2D eigenvalue weighted by Gasteiger charge is -2.16. The predicted molar refractivity (Wildman–Crippen MR) is 52.4 cm³/mol. The molecule has 0 amide bonds. The van der Waals surface area contributed by atoms with E-state index in [-0.39, 0.29) is 0 Å². The Labute approximate surface area is 73.3 Å². The van der Waals surface area contributed by atoms with Crippen molar-refractivity contribution in [3.63, 3.8) is 0 Å². The van der Waals surface area contributed by atoms with Crippen LogP contribution in [-0.4, -0.2) is 17.4 Å². The lowest BCUT2D eigenvalue weighted by molar-refractivity contribution is 0.535. The Morgan fingerprint density at radius 3 is 3.00 bits per heavy atom. The number of likely N-dealkylation sites (N-methyl/N-ethyl adjacent to an activating group) is 1. The Morgan fingerprint density at radius 1 is 1.55 bits per heavy atom. The van der Waals surface area contributed by atoms with Crippen LogP contribution < -0.4 is 0 Å². The van der Waals surface area contributed by atoms with Gasteiger partial charge in [0.25, 0.3) is 0 Å². The molecule has 0 bridgehead atoms. The summed E-state index contributed by atoms with van der Waals surface area (Å²) in [5, 5.41) is 2.14. The number of hydrogen-bond donors (Lipinski definition) is 0. The molecule has 0 atom stereocenters. The van der Waals surface area contributed by atoms with Crippen LogP contribution >= 0.6 is 11.9 Å². The van der Waals surface area contributed by atoms with Crippen molar-refractivity contribution in [2.24, 2.45) is 0 Å². The first kappa shape index (κ1) is 8.88. The summed E-state index contributed by atoms with van der Waals surface area (Å²) in [5.41, 5.74) is 1.52. The summed E-state index contributed by atoms with van der Waals surface area (Å²) in [4.78, 5) is 0. The zero-order chi connectivity index (χ0) is 8.10. The molecule has 11 heavy (non-hydrogen) atoms. The smallest absolute Gasteiger partial charge is 0.0305 e. The normalized spacial score (nSPS) is 19.6. The second-order valence-corrected chi connectivity index (χ2v) is 3.57. The average Bonchev–Trinajstić information content (AvgIpc) is 2.28. The van der Waals surface area contributed by atoms with Crippen molar-refractivity contribution in [3.05, 3.63) is 23.1 Å². The molecular weight excluding hydrogens is 154 g/mol. The second kappa shape index (κ2) is 4.62. The van der Waals surface area contributed by atoms with Gasteiger partial charge in [0.15, 0.2) is 0 Å². The van der Waals surface area contributed by atoms with Gasteiger partial charge in [0, 0.05) is 13.1 Å². The highest BCUT2D eigenvalue weighted by molar-refractivity contribution is 7.99. The summed E-state index contributed by atoms with van der Waals surface area (Å²) in [7, 11) is 0. The zero-order valence-corrected chi connectivity index (χ0v) is 8.03. The van der Waals surface area contributed by atoms with Crippen molar-refractivity contribution in [1.82, 2.24) is 4.31 Å². The third-order valence-electron chi connectivity index (χ3n) is 1.81. The zero-order valence-electron chi connectivity index (χ0n) is 7.21. The summed E-state index contributed by atoms with van der Waals surface area (Å²) < 4.78 is 2.36. The van der Waals surface area contributed by atoms with Crippen LogP contribution in [0.15, 0.2) is 23.1 Å². The summed E-state index contributed by atoms with van der Waals surface area (Å²) in [6.45, 7) is 6.64. The molecule has 1 nitrogen and oxygen atoms in total. The van der Waals surface area contributed by atoms with Crippen LogP contribution in [0.25, 0.3) is 0 Å². The average molecular weight is 169 g/mol. The van der Waals surface area contributed by atoms with Crippen LogP contribution in [0, 0.1) is 0 Å². The fourth-order valence-electron chi connectivity index (χ4n) is 1.03. The third kappa shape index (κ3) is 2.72. The SMILES string of the molecule is CCC1=CC=CSN(CC)C1. The molecule has 1 aliphatic rings. The molecule has 0 aromatic heterocycles. The first-order valence-corrected chi connectivity index (χ1v) is 4.96. The Morgan fingerprint density at radius 2 is 2.36 bits per heavy atom. The van der Waals surface area contributed by atoms with Gasteiger partial charge in [-0.15, -0.1) is 0 Å². The molecule has 0 saturated carbocycles.